The fourth-order valence-electron chi connectivity index (χ4n) is 1.71. The summed E-state index contributed by atoms with van der Waals surface area (Å²) in [6, 6.07) is 8.43. The van der Waals surface area contributed by atoms with Crippen LogP contribution in [-0.4, -0.2) is 11.9 Å². The quantitative estimate of drug-likeness (QED) is 0.582. The van der Waals surface area contributed by atoms with Gasteiger partial charge in [-0.1, -0.05) is 44.9 Å². The molecule has 0 saturated heterocycles. The summed E-state index contributed by atoms with van der Waals surface area (Å²) in [5.41, 5.74) is 0.358. The maximum Gasteiger partial charge on any atom is 0.386 e. The molecule has 19 heavy (non-hydrogen) atoms. The van der Waals surface area contributed by atoms with E-state index in [0.717, 1.165) is 19.3 Å². The van der Waals surface area contributed by atoms with Gasteiger partial charge in [-0.2, -0.15) is 0 Å². The smallest absolute Gasteiger partial charge is 0.247 e. The van der Waals surface area contributed by atoms with Gasteiger partial charge >= 0.3 is 11.9 Å². The van der Waals surface area contributed by atoms with E-state index in [1.165, 1.54) is 0 Å². The van der Waals surface area contributed by atoms with Gasteiger partial charge in [-0.25, -0.2) is 19.4 Å². The van der Waals surface area contributed by atoms with Crippen molar-refractivity contribution in [1.29, 1.82) is 0 Å². The molecule has 0 bridgehead atoms. The van der Waals surface area contributed by atoms with Crippen molar-refractivity contribution in [2.24, 2.45) is 5.92 Å². The Morgan fingerprint density at radius 3 is 2.37 bits per heavy atom. The van der Waals surface area contributed by atoms with Crippen molar-refractivity contribution in [2.45, 2.75) is 39.5 Å². The minimum Gasteiger partial charge on any atom is -0.247 e. The van der Waals surface area contributed by atoms with Crippen LogP contribution in [-0.2, 0) is 14.6 Å². The summed E-state index contributed by atoms with van der Waals surface area (Å²) in [5, 5.41) is 0. The number of carbonyl (C=O) groups excluding carboxylic acids is 2. The highest BCUT2D eigenvalue weighted by Gasteiger charge is 2.20. The van der Waals surface area contributed by atoms with Gasteiger partial charge in [-0.05, 0) is 25.0 Å². The zero-order valence-electron chi connectivity index (χ0n) is 11.4. The molecule has 0 fully saturated rings. The lowest BCUT2D eigenvalue weighted by atomic mass is 10.00. The first-order valence-electron chi connectivity index (χ1n) is 6.66. The summed E-state index contributed by atoms with van der Waals surface area (Å²) in [7, 11) is 0. The van der Waals surface area contributed by atoms with Crippen LogP contribution in [0.15, 0.2) is 30.3 Å². The number of hydrogen-bond donors (Lipinski definition) is 0. The molecule has 0 aliphatic heterocycles. The Labute approximate surface area is 113 Å². The van der Waals surface area contributed by atoms with E-state index in [2.05, 4.69) is 16.7 Å². The Bertz CT molecular complexity index is 400. The van der Waals surface area contributed by atoms with Gasteiger partial charge in [0.05, 0.1) is 11.5 Å². The van der Waals surface area contributed by atoms with Gasteiger partial charge in [0.15, 0.2) is 0 Å². The Kier molecular flexibility index (Phi) is 6.64. The highest BCUT2D eigenvalue weighted by atomic mass is 17.2. The van der Waals surface area contributed by atoms with Crippen molar-refractivity contribution < 1.29 is 19.4 Å². The highest BCUT2D eigenvalue weighted by molar-refractivity contribution is 5.89. The molecule has 0 saturated carbocycles. The molecule has 0 aromatic heterocycles. The van der Waals surface area contributed by atoms with E-state index in [4.69, 9.17) is 0 Å². The van der Waals surface area contributed by atoms with Crippen LogP contribution in [0, 0.1) is 5.92 Å². The minimum absolute atomic E-state index is 0.205. The molecule has 4 heteroatoms. The van der Waals surface area contributed by atoms with Crippen molar-refractivity contribution in [2.75, 3.05) is 0 Å². The summed E-state index contributed by atoms with van der Waals surface area (Å²) >= 11 is 0. The molecule has 0 amide bonds. The Hall–Kier alpha value is -1.84. The first-order chi connectivity index (χ1) is 9.19. The number of benzene rings is 1. The maximum atomic E-state index is 11.7. The van der Waals surface area contributed by atoms with Crippen LogP contribution in [0.25, 0.3) is 0 Å². The van der Waals surface area contributed by atoms with Crippen molar-refractivity contribution in [3.05, 3.63) is 35.9 Å². The SMILES string of the molecule is CCCCC(CC)C(=O)OOC(=O)c1ccccc1. The second-order valence-electron chi connectivity index (χ2n) is 4.39. The third kappa shape index (κ3) is 5.12. The van der Waals surface area contributed by atoms with Crippen LogP contribution in [0.5, 0.6) is 0 Å². The Balaban J connectivity index is 2.43. The topological polar surface area (TPSA) is 52.6 Å². The molecule has 1 aromatic rings. The molecule has 0 heterocycles. The second-order valence-corrected chi connectivity index (χ2v) is 4.39. The fraction of sp³-hybridized carbons (Fsp3) is 0.467. The zero-order valence-corrected chi connectivity index (χ0v) is 11.4. The van der Waals surface area contributed by atoms with Crippen LogP contribution in [0.2, 0.25) is 0 Å². The Morgan fingerprint density at radius 1 is 1.11 bits per heavy atom. The first kappa shape index (κ1) is 15.2. The van der Waals surface area contributed by atoms with E-state index in [1.54, 1.807) is 30.3 Å². The van der Waals surface area contributed by atoms with E-state index in [9.17, 15) is 9.59 Å². The molecule has 0 N–H and O–H groups in total. The first-order valence-corrected chi connectivity index (χ1v) is 6.66. The molecule has 0 aliphatic carbocycles. The van der Waals surface area contributed by atoms with Crippen molar-refractivity contribution >= 4 is 11.9 Å². The van der Waals surface area contributed by atoms with Gasteiger partial charge < -0.3 is 0 Å². The molecule has 0 spiro atoms. The molecule has 1 rings (SSSR count). The van der Waals surface area contributed by atoms with Gasteiger partial charge in [0.2, 0.25) is 0 Å². The molecular weight excluding hydrogens is 244 g/mol. The molecule has 4 nitrogen and oxygen atoms in total. The maximum absolute atomic E-state index is 11.7. The molecule has 0 aliphatic rings. The summed E-state index contributed by atoms with van der Waals surface area (Å²) in [4.78, 5) is 32.5. The molecule has 1 unspecified atom stereocenters. The van der Waals surface area contributed by atoms with Gasteiger partial charge in [0.1, 0.15) is 0 Å². The van der Waals surface area contributed by atoms with Gasteiger partial charge in [-0.3, -0.25) is 0 Å². The van der Waals surface area contributed by atoms with Crippen molar-refractivity contribution in [1.82, 2.24) is 0 Å². The van der Waals surface area contributed by atoms with E-state index < -0.39 is 11.9 Å². The average Bonchev–Trinajstić information content (AvgIpc) is 2.46. The molecule has 0 radical (unpaired) electrons. The third-order valence-electron chi connectivity index (χ3n) is 2.94. The normalized spacial score (nSPS) is 11.7. The van der Waals surface area contributed by atoms with Crippen LogP contribution in [0.3, 0.4) is 0 Å². The predicted octanol–water partition coefficient (Wildman–Crippen LogP) is 3.52. The number of unbranched alkanes of at least 4 members (excludes halogenated alkanes) is 1. The lowest BCUT2D eigenvalue weighted by Gasteiger charge is -2.11. The second kappa shape index (κ2) is 8.29. The summed E-state index contributed by atoms with van der Waals surface area (Å²) in [6.07, 6.45) is 3.42. The molecule has 1 aromatic carbocycles. The van der Waals surface area contributed by atoms with E-state index in [-0.39, 0.29) is 5.92 Å². The van der Waals surface area contributed by atoms with Crippen LogP contribution >= 0.6 is 0 Å². The van der Waals surface area contributed by atoms with E-state index in [1.807, 2.05) is 6.92 Å². The molecular formula is C15H20O4. The van der Waals surface area contributed by atoms with Gasteiger partial charge in [-0.15, -0.1) is 0 Å². The van der Waals surface area contributed by atoms with E-state index in [0.29, 0.717) is 12.0 Å². The predicted molar refractivity (Wildman–Crippen MR) is 71.3 cm³/mol. The lowest BCUT2D eigenvalue weighted by molar-refractivity contribution is -0.238. The molecule has 104 valence electrons. The van der Waals surface area contributed by atoms with Crippen molar-refractivity contribution in [3.63, 3.8) is 0 Å². The lowest BCUT2D eigenvalue weighted by Crippen LogP contribution is -2.19. The van der Waals surface area contributed by atoms with E-state index >= 15 is 0 Å². The monoisotopic (exact) mass is 264 g/mol. The third-order valence-corrected chi connectivity index (χ3v) is 2.94. The van der Waals surface area contributed by atoms with Crippen LogP contribution < -0.4 is 0 Å². The highest BCUT2D eigenvalue weighted by Crippen LogP contribution is 2.15. The zero-order chi connectivity index (χ0) is 14.1. The number of hydrogen-bond acceptors (Lipinski definition) is 4. The summed E-state index contributed by atoms with van der Waals surface area (Å²) in [5.74, 6) is -1.33. The van der Waals surface area contributed by atoms with Crippen LogP contribution in [0.1, 0.15) is 49.9 Å². The minimum atomic E-state index is -0.653. The van der Waals surface area contributed by atoms with Crippen molar-refractivity contribution in [3.8, 4) is 0 Å². The standard InChI is InChI=1S/C15H20O4/c1-3-5-9-12(4-2)14(16)18-19-15(17)13-10-7-6-8-11-13/h6-8,10-12H,3-5,9H2,1-2H3. The number of rotatable bonds is 6. The summed E-state index contributed by atoms with van der Waals surface area (Å²) < 4.78 is 0. The fourth-order valence-corrected chi connectivity index (χ4v) is 1.71. The average molecular weight is 264 g/mol. The summed E-state index contributed by atoms with van der Waals surface area (Å²) in [6.45, 7) is 3.98. The number of carbonyl (C=O) groups is 2. The molecule has 1 atom stereocenters. The Morgan fingerprint density at radius 2 is 1.79 bits per heavy atom. The van der Waals surface area contributed by atoms with Gasteiger partial charge in [0.25, 0.3) is 0 Å². The van der Waals surface area contributed by atoms with Crippen LogP contribution in [0.4, 0.5) is 0 Å². The van der Waals surface area contributed by atoms with Gasteiger partial charge in [0, 0.05) is 0 Å². The largest absolute Gasteiger partial charge is 0.386 e.